The van der Waals surface area contributed by atoms with Gasteiger partial charge in [0.15, 0.2) is 0 Å². The summed E-state index contributed by atoms with van der Waals surface area (Å²) in [5.41, 5.74) is 0.194. The van der Waals surface area contributed by atoms with Crippen LogP contribution in [0.1, 0.15) is 12.8 Å². The quantitative estimate of drug-likeness (QED) is 0.403. The van der Waals surface area contributed by atoms with Gasteiger partial charge in [0.2, 0.25) is 15.9 Å². The zero-order valence-electron chi connectivity index (χ0n) is 21.5. The highest BCUT2D eigenvalue weighted by Gasteiger charge is 2.46. The molecule has 208 valence electrons. The highest BCUT2D eigenvalue weighted by Crippen LogP contribution is 2.36. The number of methoxy groups -OCH3 is 1. The number of halogens is 2. The molecular formula is C27H30Cl2N4O5S. The molecule has 0 bridgehead atoms. The first kappa shape index (κ1) is 29.1. The van der Waals surface area contributed by atoms with E-state index >= 15 is 0 Å². The Morgan fingerprint density at radius 2 is 1.67 bits per heavy atom. The highest BCUT2D eigenvalue weighted by molar-refractivity contribution is 7.89. The Labute approximate surface area is 239 Å². The molecule has 2 aromatic carbocycles. The van der Waals surface area contributed by atoms with E-state index in [1.807, 2.05) is 12.1 Å². The second kappa shape index (κ2) is 11.7. The van der Waals surface area contributed by atoms with Crippen molar-refractivity contribution in [1.29, 1.82) is 0 Å². The van der Waals surface area contributed by atoms with Gasteiger partial charge < -0.3 is 14.5 Å². The van der Waals surface area contributed by atoms with Crippen molar-refractivity contribution < 1.29 is 22.7 Å². The fourth-order valence-corrected chi connectivity index (χ4v) is 6.92. The highest BCUT2D eigenvalue weighted by atomic mass is 35.5. The van der Waals surface area contributed by atoms with E-state index in [2.05, 4.69) is 9.88 Å². The van der Waals surface area contributed by atoms with Crippen LogP contribution in [0, 0.1) is 5.41 Å². The molecule has 2 saturated heterocycles. The average Bonchev–Trinajstić information content (AvgIpc) is 2.94. The number of pyridine rings is 1. The van der Waals surface area contributed by atoms with Crippen LogP contribution in [0.5, 0.6) is 0 Å². The van der Waals surface area contributed by atoms with Crippen LogP contribution in [0.15, 0.2) is 65.8 Å². The minimum Gasteiger partial charge on any atom is -0.469 e. The number of carbonyl (C=O) groups is 2. The number of hydrogen-bond acceptors (Lipinski definition) is 7. The van der Waals surface area contributed by atoms with Gasteiger partial charge in [-0.05, 0) is 60.0 Å². The van der Waals surface area contributed by atoms with E-state index in [1.54, 1.807) is 47.6 Å². The lowest BCUT2D eigenvalue weighted by molar-refractivity contribution is -0.157. The molecule has 3 aromatic rings. The van der Waals surface area contributed by atoms with Crippen LogP contribution in [0.3, 0.4) is 0 Å². The van der Waals surface area contributed by atoms with Crippen LogP contribution in [-0.4, -0.2) is 80.9 Å². The Balaban J connectivity index is 0.00000353. The molecule has 5 rings (SSSR count). The molecule has 39 heavy (non-hydrogen) atoms. The first-order chi connectivity index (χ1) is 18.2. The van der Waals surface area contributed by atoms with E-state index in [0.29, 0.717) is 31.0 Å². The third-order valence-corrected chi connectivity index (χ3v) is 9.63. The zero-order chi connectivity index (χ0) is 26.9. The van der Waals surface area contributed by atoms with Crippen molar-refractivity contribution in [3.05, 3.63) is 65.9 Å². The molecule has 2 aliphatic rings. The molecule has 0 saturated carbocycles. The monoisotopic (exact) mass is 592 g/mol. The van der Waals surface area contributed by atoms with Gasteiger partial charge in [-0.3, -0.25) is 14.6 Å². The summed E-state index contributed by atoms with van der Waals surface area (Å²) in [6.07, 6.45) is 4.51. The van der Waals surface area contributed by atoms with Gasteiger partial charge in [0, 0.05) is 55.8 Å². The van der Waals surface area contributed by atoms with Gasteiger partial charge in [-0.1, -0.05) is 23.7 Å². The maximum absolute atomic E-state index is 13.4. The number of ether oxygens (including phenoxy) is 1. The Morgan fingerprint density at radius 1 is 1.00 bits per heavy atom. The van der Waals surface area contributed by atoms with Crippen molar-refractivity contribution >= 4 is 62.4 Å². The number of anilines is 1. The number of nitrogens with zero attached hydrogens (tertiary/aromatic N) is 4. The summed E-state index contributed by atoms with van der Waals surface area (Å²) in [4.78, 5) is 34.1. The van der Waals surface area contributed by atoms with E-state index in [9.17, 15) is 18.0 Å². The molecule has 0 aliphatic carbocycles. The van der Waals surface area contributed by atoms with Gasteiger partial charge in [-0.15, -0.1) is 12.4 Å². The van der Waals surface area contributed by atoms with Crippen molar-refractivity contribution in [2.24, 2.45) is 5.41 Å². The molecule has 0 atom stereocenters. The second-order valence-electron chi connectivity index (χ2n) is 9.77. The molecule has 0 spiro atoms. The topological polar surface area (TPSA) is 100 Å². The van der Waals surface area contributed by atoms with Gasteiger partial charge in [0.25, 0.3) is 0 Å². The van der Waals surface area contributed by atoms with Crippen LogP contribution < -0.4 is 4.90 Å². The molecule has 2 fully saturated rings. The van der Waals surface area contributed by atoms with Gasteiger partial charge in [0.05, 0.1) is 24.0 Å². The molecule has 3 heterocycles. The molecule has 9 nitrogen and oxygen atoms in total. The van der Waals surface area contributed by atoms with Crippen molar-refractivity contribution in [2.75, 3.05) is 51.3 Å². The SMILES string of the molecule is COC(=O)C1(CN2CCN(S(=O)(=O)c3ccc4cc(Cl)ccc4c3)CC2=O)CCN(c2ccncc2)CC1.Cl. The molecule has 2 aliphatic heterocycles. The predicted octanol–water partition coefficient (Wildman–Crippen LogP) is 3.60. The van der Waals surface area contributed by atoms with E-state index in [0.717, 1.165) is 16.5 Å². The summed E-state index contributed by atoms with van der Waals surface area (Å²) in [6, 6.07) is 14.0. The van der Waals surface area contributed by atoms with Crippen molar-refractivity contribution in [3.63, 3.8) is 0 Å². The standard InChI is InChI=1S/C27H29ClN4O5S.ClH/c1-37-26(34)27(8-12-30(13-9-27)23-6-10-29-11-7-23)19-31-14-15-32(18-25(31)33)38(35,36)24-5-3-20-16-22(28)4-2-21(20)17-24;/h2-7,10-11,16-17H,8-9,12-15,18-19H2,1H3;1H. The second-order valence-corrected chi connectivity index (χ2v) is 12.1. The van der Waals surface area contributed by atoms with Crippen LogP contribution in [0.2, 0.25) is 5.02 Å². The number of aromatic nitrogens is 1. The van der Waals surface area contributed by atoms with Crippen molar-refractivity contribution in [3.8, 4) is 0 Å². The molecule has 1 amide bonds. The van der Waals surface area contributed by atoms with Gasteiger partial charge in [-0.25, -0.2) is 8.42 Å². The summed E-state index contributed by atoms with van der Waals surface area (Å²) in [6.45, 7) is 1.54. The molecule has 0 unspecified atom stereocenters. The number of benzene rings is 2. The average molecular weight is 594 g/mol. The number of carbonyl (C=O) groups excluding carboxylic acids is 2. The molecule has 0 N–H and O–H groups in total. The minimum absolute atomic E-state index is 0. The maximum Gasteiger partial charge on any atom is 0.313 e. The first-order valence-electron chi connectivity index (χ1n) is 12.4. The van der Waals surface area contributed by atoms with Crippen molar-refractivity contribution in [2.45, 2.75) is 17.7 Å². The number of rotatable bonds is 6. The summed E-state index contributed by atoms with van der Waals surface area (Å²) in [5.74, 6) is -0.668. The van der Waals surface area contributed by atoms with Gasteiger partial charge >= 0.3 is 5.97 Å². The zero-order valence-corrected chi connectivity index (χ0v) is 23.8. The fourth-order valence-electron chi connectivity index (χ4n) is 5.32. The van der Waals surface area contributed by atoms with Crippen LogP contribution in [0.4, 0.5) is 5.69 Å². The Bertz CT molecular complexity index is 1460. The number of piperazine rings is 1. The molecule has 1 aromatic heterocycles. The lowest BCUT2D eigenvalue weighted by atomic mass is 9.77. The summed E-state index contributed by atoms with van der Waals surface area (Å²) < 4.78 is 33.1. The van der Waals surface area contributed by atoms with E-state index in [-0.39, 0.29) is 55.4 Å². The largest absolute Gasteiger partial charge is 0.469 e. The Kier molecular flexibility index (Phi) is 8.70. The molecule has 12 heteroatoms. The number of esters is 1. The number of sulfonamides is 1. The van der Waals surface area contributed by atoms with Crippen LogP contribution >= 0.6 is 24.0 Å². The van der Waals surface area contributed by atoms with Crippen molar-refractivity contribution in [1.82, 2.24) is 14.2 Å². The smallest absolute Gasteiger partial charge is 0.313 e. The van der Waals surface area contributed by atoms with Crippen LogP contribution in [-0.2, 0) is 24.3 Å². The first-order valence-corrected chi connectivity index (χ1v) is 14.2. The third kappa shape index (κ3) is 5.84. The molecular weight excluding hydrogens is 563 g/mol. The van der Waals surface area contributed by atoms with E-state index < -0.39 is 15.4 Å². The lowest BCUT2D eigenvalue weighted by Gasteiger charge is -2.44. The summed E-state index contributed by atoms with van der Waals surface area (Å²) in [5, 5.41) is 2.15. The maximum atomic E-state index is 13.4. The number of fused-ring (bicyclic) bond motifs is 1. The van der Waals surface area contributed by atoms with E-state index in [4.69, 9.17) is 16.3 Å². The molecule has 0 radical (unpaired) electrons. The predicted molar refractivity (Wildman–Crippen MR) is 152 cm³/mol. The number of hydrogen-bond donors (Lipinski definition) is 0. The summed E-state index contributed by atoms with van der Waals surface area (Å²) >= 11 is 6.04. The summed E-state index contributed by atoms with van der Waals surface area (Å²) in [7, 11) is -2.51. The lowest BCUT2D eigenvalue weighted by Crippen LogP contribution is -2.57. The minimum atomic E-state index is -3.88. The van der Waals surface area contributed by atoms with Gasteiger partial charge in [-0.2, -0.15) is 4.31 Å². The third-order valence-electron chi connectivity index (χ3n) is 7.56. The van der Waals surface area contributed by atoms with Gasteiger partial charge in [0.1, 0.15) is 0 Å². The number of amides is 1. The Hall–Kier alpha value is -2.92. The number of piperidine rings is 1. The van der Waals surface area contributed by atoms with Crippen LogP contribution in [0.25, 0.3) is 10.8 Å². The normalized spacial score (nSPS) is 18.1. The van der Waals surface area contributed by atoms with E-state index in [1.165, 1.54) is 17.5 Å². The Morgan fingerprint density at radius 3 is 2.33 bits per heavy atom. The fraction of sp³-hybridized carbons (Fsp3) is 0.370.